The molecule has 6 heteroatoms. The lowest BCUT2D eigenvalue weighted by Crippen LogP contribution is -2.22. The topological polar surface area (TPSA) is 9.23 Å². The molecule has 0 heterocycles. The highest BCUT2D eigenvalue weighted by Gasteiger charge is 2.36. The monoisotopic (exact) mass is 520 g/mol. The van der Waals surface area contributed by atoms with Crippen molar-refractivity contribution >= 4 is 0 Å². The number of rotatable bonds is 8. The summed E-state index contributed by atoms with van der Waals surface area (Å²) in [5.41, 5.74) is -0.181. The van der Waals surface area contributed by atoms with Crippen LogP contribution in [0.3, 0.4) is 0 Å². The fraction of sp³-hybridized carbons (Fsp3) is 0.548. The van der Waals surface area contributed by atoms with Gasteiger partial charge in [0.15, 0.2) is 0 Å². The molecular weight excluding hydrogens is 483 g/mol. The zero-order chi connectivity index (χ0) is 26.5. The van der Waals surface area contributed by atoms with Crippen LogP contribution in [0.15, 0.2) is 60.7 Å². The number of allylic oxidation sites excluding steroid dienone is 2. The maximum Gasteiger partial charge on any atom is 0.426 e. The van der Waals surface area contributed by atoms with E-state index in [0.717, 1.165) is 67.3 Å². The highest BCUT2D eigenvalue weighted by molar-refractivity contribution is 5.32. The van der Waals surface area contributed by atoms with E-state index in [9.17, 15) is 22.0 Å². The van der Waals surface area contributed by atoms with E-state index in [4.69, 9.17) is 4.74 Å². The number of alkyl halides is 5. The highest BCUT2D eigenvalue weighted by atomic mass is 19.4. The normalized spacial score (nSPS) is 25.4. The Morgan fingerprint density at radius 2 is 1.22 bits per heavy atom. The third kappa shape index (κ3) is 7.58. The van der Waals surface area contributed by atoms with Crippen LogP contribution in [0.25, 0.3) is 0 Å². The van der Waals surface area contributed by atoms with E-state index < -0.39 is 17.8 Å². The van der Waals surface area contributed by atoms with Crippen LogP contribution in [0, 0.1) is 17.8 Å². The van der Waals surface area contributed by atoms with Crippen LogP contribution in [0.2, 0.25) is 0 Å². The maximum absolute atomic E-state index is 14.6. The van der Waals surface area contributed by atoms with Crippen LogP contribution in [-0.2, 0) is 12.3 Å². The predicted octanol–water partition coefficient (Wildman–Crippen LogP) is 10.3. The van der Waals surface area contributed by atoms with Crippen LogP contribution in [0.1, 0.15) is 93.7 Å². The largest absolute Gasteiger partial charge is 0.429 e. The van der Waals surface area contributed by atoms with Gasteiger partial charge in [0.2, 0.25) is 0 Å². The highest BCUT2D eigenvalue weighted by Crippen LogP contribution is 2.39. The number of ether oxygens (including phenoxy) is 1. The van der Waals surface area contributed by atoms with Gasteiger partial charge < -0.3 is 4.74 Å². The van der Waals surface area contributed by atoms with Gasteiger partial charge in [-0.3, -0.25) is 0 Å². The van der Waals surface area contributed by atoms with Gasteiger partial charge in [0.25, 0.3) is 0 Å². The molecule has 0 unspecified atom stereocenters. The summed E-state index contributed by atoms with van der Waals surface area (Å²) in [5, 5.41) is 0. The minimum atomic E-state index is -4.53. The molecule has 0 bridgehead atoms. The lowest BCUT2D eigenvalue weighted by molar-refractivity contribution is -0.185. The molecular formula is C31H37F5O. The first-order valence-electron chi connectivity index (χ1n) is 13.7. The average Bonchev–Trinajstić information content (AvgIpc) is 2.88. The van der Waals surface area contributed by atoms with Crippen molar-refractivity contribution in [3.8, 4) is 5.75 Å². The molecule has 2 aliphatic rings. The van der Waals surface area contributed by atoms with Gasteiger partial charge in [-0.05, 0) is 117 Å². The average molecular weight is 521 g/mol. The summed E-state index contributed by atoms with van der Waals surface area (Å²) in [5.74, 6) is 2.29. The van der Waals surface area contributed by atoms with Crippen molar-refractivity contribution in [3.63, 3.8) is 0 Å². The molecule has 0 aliphatic heterocycles. The van der Waals surface area contributed by atoms with Gasteiger partial charge in [-0.15, -0.1) is 0 Å². The van der Waals surface area contributed by atoms with Crippen LogP contribution in [0.4, 0.5) is 22.0 Å². The van der Waals surface area contributed by atoms with Crippen molar-refractivity contribution < 1.29 is 26.7 Å². The summed E-state index contributed by atoms with van der Waals surface area (Å²) < 4.78 is 72.1. The minimum absolute atomic E-state index is 0.317. The Morgan fingerprint density at radius 1 is 0.703 bits per heavy atom. The minimum Gasteiger partial charge on any atom is -0.429 e. The number of benzene rings is 2. The summed E-state index contributed by atoms with van der Waals surface area (Å²) in [7, 11) is 0. The Bertz CT molecular complexity index is 993. The van der Waals surface area contributed by atoms with Crippen LogP contribution in [-0.4, -0.2) is 0 Å². The van der Waals surface area contributed by atoms with Crippen molar-refractivity contribution in [3.05, 3.63) is 77.4 Å². The number of hydrogen-bond acceptors (Lipinski definition) is 1. The first-order chi connectivity index (χ1) is 17.6. The number of hydrogen-bond donors (Lipinski definition) is 0. The second kappa shape index (κ2) is 12.0. The summed E-state index contributed by atoms with van der Waals surface area (Å²) in [6.07, 6.45) is 9.03. The van der Waals surface area contributed by atoms with Crippen molar-refractivity contribution in [2.24, 2.45) is 17.8 Å². The molecule has 0 amide bonds. The van der Waals surface area contributed by atoms with Crippen LogP contribution in [0.5, 0.6) is 5.75 Å². The van der Waals surface area contributed by atoms with Crippen LogP contribution < -0.4 is 4.74 Å². The molecule has 0 aromatic heterocycles. The fourth-order valence-corrected chi connectivity index (χ4v) is 5.91. The molecule has 0 radical (unpaired) electrons. The van der Waals surface area contributed by atoms with Gasteiger partial charge in [0.05, 0.1) is 11.1 Å². The first kappa shape index (κ1) is 27.7. The summed E-state index contributed by atoms with van der Waals surface area (Å²) >= 11 is 0. The second-order valence-electron chi connectivity index (χ2n) is 10.8. The molecule has 0 N–H and O–H groups in total. The maximum atomic E-state index is 14.6. The van der Waals surface area contributed by atoms with Gasteiger partial charge in [0, 0.05) is 0 Å². The van der Waals surface area contributed by atoms with E-state index in [1.807, 2.05) is 0 Å². The lowest BCUT2D eigenvalue weighted by Gasteiger charge is -2.29. The molecule has 0 spiro atoms. The molecule has 0 saturated heterocycles. The predicted molar refractivity (Wildman–Crippen MR) is 137 cm³/mol. The van der Waals surface area contributed by atoms with Crippen molar-refractivity contribution in [2.45, 2.75) is 89.3 Å². The fourth-order valence-electron chi connectivity index (χ4n) is 5.91. The summed E-state index contributed by atoms with van der Waals surface area (Å²) in [4.78, 5) is 0. The third-order valence-electron chi connectivity index (χ3n) is 8.16. The van der Waals surface area contributed by atoms with Gasteiger partial charge in [-0.2, -0.15) is 22.0 Å². The molecule has 202 valence electrons. The zero-order valence-corrected chi connectivity index (χ0v) is 21.5. The van der Waals surface area contributed by atoms with E-state index in [0.29, 0.717) is 11.8 Å². The SMILES string of the molecule is CCCC1CCC(/C=C/C2CCC(c3ccc(C(F)(F)Oc4ccc(C(F)(F)F)cc4)cc3)CC2)CC1. The standard InChI is InChI=1S/C31H37F5O/c1-2-3-22-4-6-23(7-5-22)8-9-24-10-12-25(13-11-24)26-14-16-28(17-15-26)31(35,36)37-29-20-18-27(19-21-29)30(32,33)34/h8-9,14-25H,2-7,10-13H2,1H3/b9-8+. The second-order valence-corrected chi connectivity index (χ2v) is 10.8. The lowest BCUT2D eigenvalue weighted by atomic mass is 9.77. The van der Waals surface area contributed by atoms with E-state index in [-0.39, 0.29) is 11.3 Å². The van der Waals surface area contributed by atoms with Crippen molar-refractivity contribution in [2.75, 3.05) is 0 Å². The van der Waals surface area contributed by atoms with Crippen molar-refractivity contribution in [1.29, 1.82) is 0 Å². The smallest absolute Gasteiger partial charge is 0.426 e. The summed E-state index contributed by atoms with van der Waals surface area (Å²) in [6, 6.07) is 9.48. The zero-order valence-electron chi connectivity index (χ0n) is 21.5. The van der Waals surface area contributed by atoms with Gasteiger partial charge in [-0.25, -0.2) is 0 Å². The van der Waals surface area contributed by atoms with E-state index in [1.54, 1.807) is 12.1 Å². The summed E-state index contributed by atoms with van der Waals surface area (Å²) in [6.45, 7) is 2.27. The van der Waals surface area contributed by atoms with E-state index >= 15 is 0 Å². The Balaban J connectivity index is 1.26. The molecule has 2 aromatic carbocycles. The van der Waals surface area contributed by atoms with Gasteiger partial charge in [0.1, 0.15) is 5.75 Å². The molecule has 2 aliphatic carbocycles. The first-order valence-corrected chi connectivity index (χ1v) is 13.7. The van der Waals surface area contributed by atoms with E-state index in [1.165, 1.54) is 50.7 Å². The number of halogens is 5. The molecule has 1 nitrogen and oxygen atoms in total. The molecule has 2 saturated carbocycles. The van der Waals surface area contributed by atoms with E-state index in [2.05, 4.69) is 19.1 Å². The Hall–Kier alpha value is -2.37. The van der Waals surface area contributed by atoms with Gasteiger partial charge in [-0.1, -0.05) is 44.1 Å². The van der Waals surface area contributed by atoms with Crippen molar-refractivity contribution in [1.82, 2.24) is 0 Å². The van der Waals surface area contributed by atoms with Gasteiger partial charge >= 0.3 is 12.3 Å². The molecule has 4 rings (SSSR count). The third-order valence-corrected chi connectivity index (χ3v) is 8.16. The Labute approximate surface area is 217 Å². The molecule has 2 aromatic rings. The van der Waals surface area contributed by atoms with Crippen LogP contribution >= 0.6 is 0 Å². The molecule has 37 heavy (non-hydrogen) atoms. The molecule has 0 atom stereocenters. The Kier molecular flexibility index (Phi) is 8.97. The Morgan fingerprint density at radius 3 is 1.73 bits per heavy atom. The molecule has 2 fully saturated rings. The quantitative estimate of drug-likeness (QED) is 0.248.